The van der Waals surface area contributed by atoms with Gasteiger partial charge in [-0.05, 0) is 36.5 Å². The third kappa shape index (κ3) is 2.82. The molecule has 1 unspecified atom stereocenters. The van der Waals surface area contributed by atoms with E-state index in [4.69, 9.17) is 0 Å². The van der Waals surface area contributed by atoms with Crippen LogP contribution in [-0.4, -0.2) is 40.0 Å². The van der Waals surface area contributed by atoms with Gasteiger partial charge in [-0.1, -0.05) is 18.2 Å². The molecular weight excluding hydrogens is 320 g/mol. The first-order valence-corrected chi connectivity index (χ1v) is 8.38. The maximum Gasteiger partial charge on any atom is 0.274 e. The number of rotatable bonds is 2. The Kier molecular flexibility index (Phi) is 3.83. The Bertz CT molecular complexity index is 863. The summed E-state index contributed by atoms with van der Waals surface area (Å²) in [6.45, 7) is 1.16. The predicted octanol–water partition coefficient (Wildman–Crippen LogP) is 1.36. The molecule has 2 aliphatic rings. The van der Waals surface area contributed by atoms with E-state index < -0.39 is 0 Å². The number of aromatic amines is 1. The van der Waals surface area contributed by atoms with Crippen molar-refractivity contribution >= 4 is 17.5 Å². The molecule has 1 aromatic heterocycles. The highest BCUT2D eigenvalue weighted by atomic mass is 16.2. The van der Waals surface area contributed by atoms with Gasteiger partial charge in [0, 0.05) is 24.8 Å². The van der Waals surface area contributed by atoms with Gasteiger partial charge in [0.05, 0.1) is 5.92 Å². The second kappa shape index (κ2) is 6.16. The number of carbonyl (C=O) groups is 2. The van der Waals surface area contributed by atoms with Crippen LogP contribution in [0.5, 0.6) is 0 Å². The fourth-order valence-corrected chi connectivity index (χ4v) is 3.76. The number of benzene rings is 1. The highest BCUT2D eigenvalue weighted by molar-refractivity contribution is 6.03. The number of hydrogen-bond donors (Lipinski definition) is 2. The molecule has 0 spiro atoms. The van der Waals surface area contributed by atoms with E-state index in [1.807, 2.05) is 24.3 Å². The lowest BCUT2D eigenvalue weighted by molar-refractivity contribution is -0.118. The molecule has 2 aromatic rings. The Hall–Kier alpha value is -2.96. The van der Waals surface area contributed by atoms with Gasteiger partial charge in [-0.25, -0.2) is 5.10 Å². The lowest BCUT2D eigenvalue weighted by Gasteiger charge is -2.34. The maximum absolute atomic E-state index is 12.5. The van der Waals surface area contributed by atoms with Gasteiger partial charge in [0.25, 0.3) is 11.5 Å². The fraction of sp³-hybridized carbons (Fsp3) is 0.333. The standard InChI is InChI=1S/C18H18N4O3/c23-15-6-5-14(20-21-15)18(25)22-9-7-11(8-10-22)16-12-3-1-2-4-13(12)19-17(16)24/h1-6,11,16H,7-10H2,(H,19,24)(H,21,23). The third-order valence-corrected chi connectivity index (χ3v) is 5.03. The molecule has 0 aliphatic carbocycles. The summed E-state index contributed by atoms with van der Waals surface area (Å²) in [5.74, 6) is -0.0600. The van der Waals surface area contributed by atoms with Gasteiger partial charge < -0.3 is 10.2 Å². The van der Waals surface area contributed by atoms with E-state index in [0.717, 1.165) is 24.1 Å². The van der Waals surface area contributed by atoms with Crippen molar-refractivity contribution in [2.45, 2.75) is 18.8 Å². The van der Waals surface area contributed by atoms with Crippen molar-refractivity contribution in [2.75, 3.05) is 18.4 Å². The summed E-state index contributed by atoms with van der Waals surface area (Å²) in [5, 5.41) is 9.03. The van der Waals surface area contributed by atoms with Crippen LogP contribution in [0.3, 0.4) is 0 Å². The minimum Gasteiger partial charge on any atom is -0.337 e. The molecule has 0 radical (unpaired) electrons. The van der Waals surface area contributed by atoms with Gasteiger partial charge in [-0.2, -0.15) is 5.10 Å². The molecule has 2 N–H and O–H groups in total. The summed E-state index contributed by atoms with van der Waals surface area (Å²) >= 11 is 0. The average Bonchev–Trinajstić information content (AvgIpc) is 2.97. The van der Waals surface area contributed by atoms with Crippen molar-refractivity contribution in [3.8, 4) is 0 Å². The van der Waals surface area contributed by atoms with Gasteiger partial charge >= 0.3 is 0 Å². The molecule has 4 rings (SSSR count). The maximum atomic E-state index is 12.5. The van der Waals surface area contributed by atoms with Crippen LogP contribution >= 0.6 is 0 Å². The minimum atomic E-state index is -0.332. The molecule has 7 heteroatoms. The quantitative estimate of drug-likeness (QED) is 0.864. The van der Waals surface area contributed by atoms with Crippen LogP contribution in [0.15, 0.2) is 41.2 Å². The SMILES string of the molecule is O=C1Nc2ccccc2C1C1CCN(C(=O)c2ccc(=O)[nH]n2)CC1. The molecule has 0 bridgehead atoms. The molecule has 128 valence electrons. The molecule has 2 amide bonds. The van der Waals surface area contributed by atoms with E-state index in [1.54, 1.807) is 4.90 Å². The fourth-order valence-electron chi connectivity index (χ4n) is 3.76. The molecular formula is C18H18N4O3. The first kappa shape index (κ1) is 15.6. The van der Waals surface area contributed by atoms with Gasteiger partial charge in [-0.15, -0.1) is 0 Å². The Morgan fingerprint density at radius 1 is 1.08 bits per heavy atom. The molecule has 1 fully saturated rings. The number of para-hydroxylation sites is 1. The lowest BCUT2D eigenvalue weighted by atomic mass is 9.80. The smallest absolute Gasteiger partial charge is 0.274 e. The van der Waals surface area contributed by atoms with E-state index >= 15 is 0 Å². The Balaban J connectivity index is 1.45. The number of amides is 2. The summed E-state index contributed by atoms with van der Waals surface area (Å²) in [6.07, 6.45) is 1.53. The summed E-state index contributed by atoms with van der Waals surface area (Å²) in [7, 11) is 0. The number of likely N-dealkylation sites (tertiary alicyclic amines) is 1. The van der Waals surface area contributed by atoms with Gasteiger partial charge in [-0.3, -0.25) is 14.4 Å². The number of piperidine rings is 1. The second-order valence-electron chi connectivity index (χ2n) is 6.49. The zero-order chi connectivity index (χ0) is 17.4. The Morgan fingerprint density at radius 3 is 2.56 bits per heavy atom. The number of nitrogens with zero attached hydrogens (tertiary/aromatic N) is 2. The van der Waals surface area contributed by atoms with Crippen LogP contribution in [0.4, 0.5) is 5.69 Å². The zero-order valence-corrected chi connectivity index (χ0v) is 13.6. The minimum absolute atomic E-state index is 0.0493. The first-order valence-electron chi connectivity index (χ1n) is 8.38. The topological polar surface area (TPSA) is 95.2 Å². The summed E-state index contributed by atoms with van der Waals surface area (Å²) in [6, 6.07) is 10.5. The number of anilines is 1. The molecule has 7 nitrogen and oxygen atoms in total. The monoisotopic (exact) mass is 338 g/mol. The number of aromatic nitrogens is 2. The van der Waals surface area contributed by atoms with Crippen LogP contribution < -0.4 is 10.9 Å². The highest BCUT2D eigenvalue weighted by Crippen LogP contribution is 2.41. The summed E-state index contributed by atoms with van der Waals surface area (Å²) in [4.78, 5) is 37.6. The van der Waals surface area contributed by atoms with E-state index in [-0.39, 0.29) is 34.9 Å². The number of carbonyl (C=O) groups excluding carboxylic acids is 2. The van der Waals surface area contributed by atoms with Crippen molar-refractivity contribution in [3.05, 3.63) is 58.0 Å². The Labute approximate surface area is 144 Å². The van der Waals surface area contributed by atoms with Crippen molar-refractivity contribution in [1.82, 2.24) is 15.1 Å². The molecule has 1 aromatic carbocycles. The number of fused-ring (bicyclic) bond motifs is 1. The van der Waals surface area contributed by atoms with Crippen LogP contribution in [0.25, 0.3) is 0 Å². The van der Waals surface area contributed by atoms with Crippen LogP contribution in [-0.2, 0) is 4.79 Å². The van der Waals surface area contributed by atoms with Crippen molar-refractivity contribution in [3.63, 3.8) is 0 Å². The normalized spacial score (nSPS) is 20.2. The van der Waals surface area contributed by atoms with E-state index in [0.29, 0.717) is 13.1 Å². The van der Waals surface area contributed by atoms with E-state index in [1.165, 1.54) is 12.1 Å². The average molecular weight is 338 g/mol. The van der Waals surface area contributed by atoms with Crippen molar-refractivity contribution < 1.29 is 9.59 Å². The van der Waals surface area contributed by atoms with E-state index in [2.05, 4.69) is 15.5 Å². The Morgan fingerprint density at radius 2 is 1.84 bits per heavy atom. The number of H-pyrrole nitrogens is 1. The molecule has 1 saturated heterocycles. The third-order valence-electron chi connectivity index (χ3n) is 5.03. The largest absolute Gasteiger partial charge is 0.337 e. The second-order valence-corrected chi connectivity index (χ2v) is 6.49. The van der Waals surface area contributed by atoms with Crippen LogP contribution in [0.2, 0.25) is 0 Å². The molecule has 0 saturated carbocycles. The highest BCUT2D eigenvalue weighted by Gasteiger charge is 2.38. The van der Waals surface area contributed by atoms with Gasteiger partial charge in [0.1, 0.15) is 5.69 Å². The summed E-state index contributed by atoms with van der Waals surface area (Å²) in [5.41, 5.74) is 1.86. The van der Waals surface area contributed by atoms with Crippen molar-refractivity contribution in [2.24, 2.45) is 5.92 Å². The molecule has 2 aliphatic heterocycles. The van der Waals surface area contributed by atoms with E-state index in [9.17, 15) is 14.4 Å². The molecule has 1 atom stereocenters. The summed E-state index contributed by atoms with van der Waals surface area (Å²) < 4.78 is 0. The first-order chi connectivity index (χ1) is 12.1. The number of nitrogens with one attached hydrogen (secondary N) is 2. The number of hydrogen-bond acceptors (Lipinski definition) is 4. The van der Waals surface area contributed by atoms with Crippen molar-refractivity contribution in [1.29, 1.82) is 0 Å². The zero-order valence-electron chi connectivity index (χ0n) is 13.6. The molecule has 3 heterocycles. The van der Waals surface area contributed by atoms with Gasteiger partial charge in [0.2, 0.25) is 5.91 Å². The van der Waals surface area contributed by atoms with Crippen LogP contribution in [0, 0.1) is 5.92 Å². The van der Waals surface area contributed by atoms with Crippen LogP contribution in [0.1, 0.15) is 34.8 Å². The predicted molar refractivity (Wildman–Crippen MR) is 91.3 cm³/mol. The van der Waals surface area contributed by atoms with Gasteiger partial charge in [0.15, 0.2) is 0 Å². The molecule has 25 heavy (non-hydrogen) atoms. The lowest BCUT2D eigenvalue weighted by Crippen LogP contribution is -2.41.